The Hall–Kier alpha value is -10.2. The lowest BCUT2D eigenvalue weighted by Crippen LogP contribution is -2.31. The highest BCUT2D eigenvalue weighted by atomic mass is 15.1. The second-order valence-electron chi connectivity index (χ2n) is 10.1. The summed E-state index contributed by atoms with van der Waals surface area (Å²) in [4.78, 5) is 53.6. The first kappa shape index (κ1) is 32.4. The van der Waals surface area contributed by atoms with Gasteiger partial charge in [-0.3, -0.25) is 0 Å². The van der Waals surface area contributed by atoms with Crippen LogP contribution in [0.15, 0.2) is 59.6 Å². The molecule has 0 bridgehead atoms. The Bertz CT molecular complexity index is 2890. The van der Waals surface area contributed by atoms with E-state index in [9.17, 15) is 47.4 Å². The van der Waals surface area contributed by atoms with Crippen LogP contribution >= 0.6 is 0 Å². The van der Waals surface area contributed by atoms with E-state index in [0.717, 1.165) is 0 Å². The Labute approximate surface area is 296 Å². The highest BCUT2D eigenvalue weighted by Gasteiger charge is 2.24. The number of nitriles is 9. The molecule has 0 unspecified atom stereocenters. The molecular formula is C32H2N22. The van der Waals surface area contributed by atoms with Crippen molar-refractivity contribution < 1.29 is 0 Å². The normalized spacial score (nSPS) is 11.9. The lowest BCUT2D eigenvalue weighted by molar-refractivity contribution is 0.998. The van der Waals surface area contributed by atoms with Crippen molar-refractivity contribution in [1.29, 1.82) is 47.4 Å². The zero-order valence-electron chi connectivity index (χ0n) is 26.0. The molecule has 0 amide bonds. The monoisotopic (exact) mass is 694 g/mol. The number of aromatic nitrogens is 7. The van der Waals surface area contributed by atoms with E-state index in [4.69, 9.17) is 0 Å². The van der Waals surface area contributed by atoms with Gasteiger partial charge in [-0.15, -0.1) is 0 Å². The van der Waals surface area contributed by atoms with Crippen LogP contribution in [-0.4, -0.2) is 34.9 Å². The molecule has 0 saturated carbocycles. The topological polar surface area (TPSA) is 378 Å². The van der Waals surface area contributed by atoms with Crippen LogP contribution in [0.2, 0.25) is 0 Å². The van der Waals surface area contributed by atoms with E-state index in [1.165, 1.54) is 12.1 Å². The van der Waals surface area contributed by atoms with Crippen molar-refractivity contribution in [3.63, 3.8) is 0 Å². The van der Waals surface area contributed by atoms with Crippen molar-refractivity contribution in [2.75, 3.05) is 0 Å². The highest BCUT2D eigenvalue weighted by molar-refractivity contribution is 5.87. The summed E-state index contributed by atoms with van der Waals surface area (Å²) in [6.07, 6.45) is 0. The summed E-state index contributed by atoms with van der Waals surface area (Å²) in [6.45, 7) is 0. The lowest BCUT2D eigenvalue weighted by atomic mass is 10.0. The van der Waals surface area contributed by atoms with Crippen LogP contribution in [0.5, 0.6) is 0 Å². The number of pyridine rings is 1. The molecule has 0 saturated heterocycles. The number of allylic oxidation sites excluding steroid dienone is 3. The molecule has 3 aliphatic rings. The second kappa shape index (κ2) is 12.7. The van der Waals surface area contributed by atoms with Crippen LogP contribution in [0, 0.1) is 102 Å². The van der Waals surface area contributed by atoms with E-state index in [0.29, 0.717) is 0 Å². The van der Waals surface area contributed by atoms with Gasteiger partial charge >= 0.3 is 0 Å². The Kier molecular flexibility index (Phi) is 7.61. The molecule has 0 aliphatic carbocycles. The van der Waals surface area contributed by atoms with E-state index in [2.05, 4.69) is 64.8 Å². The van der Waals surface area contributed by atoms with Gasteiger partial charge in [0.15, 0.2) is 51.6 Å². The molecule has 0 aromatic carbocycles. The molecule has 7 heterocycles. The van der Waals surface area contributed by atoms with E-state index < -0.39 is 0 Å². The van der Waals surface area contributed by atoms with Crippen molar-refractivity contribution >= 4 is 16.7 Å². The first-order chi connectivity index (χ1) is 26.3. The average molecular weight is 695 g/mol. The standard InChI is InChI=1S/C32H2N22/c33-3-13(24-49-27-28(50-24)44-19(7-37)18(6-36)43-27)12-1-16(14(4-34)25-51-29-30(52-25)46-21(9-39)20(8-38)45-29)42-17(2-12)15(5-35)26-53-31-32(54-26)48-23(11-41)22(10-40)47-31/h1-2H. The van der Waals surface area contributed by atoms with Crippen LogP contribution in [0.4, 0.5) is 0 Å². The molecule has 0 N–H and O–H groups in total. The zero-order chi connectivity index (χ0) is 38.1. The van der Waals surface area contributed by atoms with Gasteiger partial charge in [0.1, 0.15) is 71.3 Å². The number of hydrogen-bond acceptors (Lipinski definition) is 22. The molecule has 0 atom stereocenters. The summed E-state index contributed by atoms with van der Waals surface area (Å²) < 4.78 is 0. The number of fused-ring (bicyclic) bond motifs is 3. The Balaban J connectivity index is 1.51. The Morgan fingerprint density at radius 1 is 0.333 bits per heavy atom. The van der Waals surface area contributed by atoms with Gasteiger partial charge in [0.05, 0.1) is 11.4 Å². The molecule has 240 valence electrons. The van der Waals surface area contributed by atoms with Gasteiger partial charge in [0, 0.05) is 5.56 Å². The largest absolute Gasteiger partial charge is 0.246 e. The van der Waals surface area contributed by atoms with E-state index in [-0.39, 0.29) is 118 Å². The summed E-state index contributed by atoms with van der Waals surface area (Å²) in [5.41, 5.74) is -4.41. The third-order valence-corrected chi connectivity index (χ3v) is 7.12. The Morgan fingerprint density at radius 3 is 0.796 bits per heavy atom. The SMILES string of the molecule is N#CC(=C1N=c2nc(C#N)c(C#N)nc2=N1)c1cc(C(C#N)=C2N=c3nc(C#N)c(C#N)nc3=N2)nc(C(C#N)=C2N=c3nc(C#N)c(C#N)nc3=N2)c1. The summed E-state index contributed by atoms with van der Waals surface area (Å²) in [7, 11) is 0. The van der Waals surface area contributed by atoms with Crippen LogP contribution < -0.4 is 32.9 Å². The van der Waals surface area contributed by atoms with E-state index in [1.54, 1.807) is 36.4 Å². The molecule has 0 radical (unpaired) electrons. The van der Waals surface area contributed by atoms with Crippen molar-refractivity contribution in [3.8, 4) is 54.6 Å². The minimum atomic E-state index is -0.340. The van der Waals surface area contributed by atoms with Crippen molar-refractivity contribution in [3.05, 3.63) is 114 Å². The number of rotatable bonds is 3. The van der Waals surface area contributed by atoms with E-state index >= 15 is 0 Å². The van der Waals surface area contributed by atoms with Crippen molar-refractivity contribution in [2.24, 2.45) is 30.0 Å². The van der Waals surface area contributed by atoms with Gasteiger partial charge in [-0.05, 0) is 12.1 Å². The fourth-order valence-electron chi connectivity index (χ4n) is 4.80. The van der Waals surface area contributed by atoms with Gasteiger partial charge in [-0.1, -0.05) is 0 Å². The first-order valence-corrected chi connectivity index (χ1v) is 14.2. The molecule has 0 fully saturated rings. The fraction of sp³-hybridized carbons (Fsp3) is 0. The summed E-state index contributed by atoms with van der Waals surface area (Å²) in [5.74, 6) is -0.861. The molecule has 22 heteroatoms. The maximum atomic E-state index is 10.4. The maximum absolute atomic E-state index is 10.4. The van der Waals surface area contributed by atoms with Crippen molar-refractivity contribution in [1.82, 2.24) is 34.9 Å². The third kappa shape index (κ3) is 5.19. The average Bonchev–Trinajstić information content (AvgIpc) is 3.92. The second-order valence-corrected chi connectivity index (χ2v) is 10.1. The minimum absolute atomic E-state index is 0.0360. The summed E-state index contributed by atoms with van der Waals surface area (Å²) in [5, 5.41) is 87.4. The molecule has 7 rings (SSSR count). The molecule has 22 nitrogen and oxygen atoms in total. The van der Waals surface area contributed by atoms with Gasteiger partial charge in [0.25, 0.3) is 0 Å². The number of nitrogens with zero attached hydrogens (tertiary/aromatic N) is 22. The predicted octanol–water partition coefficient (Wildman–Crippen LogP) is -2.88. The van der Waals surface area contributed by atoms with Crippen LogP contribution in [0.1, 0.15) is 51.1 Å². The van der Waals surface area contributed by atoms with Crippen molar-refractivity contribution in [2.45, 2.75) is 0 Å². The first-order valence-electron chi connectivity index (χ1n) is 14.2. The molecule has 4 aromatic heterocycles. The summed E-state index contributed by atoms with van der Waals surface area (Å²) in [6, 6.07) is 18.7. The Morgan fingerprint density at radius 2 is 0.574 bits per heavy atom. The molecule has 3 aliphatic heterocycles. The predicted molar refractivity (Wildman–Crippen MR) is 163 cm³/mol. The van der Waals surface area contributed by atoms with Gasteiger partial charge < -0.3 is 0 Å². The van der Waals surface area contributed by atoms with Crippen LogP contribution in [-0.2, 0) is 0 Å². The molecule has 54 heavy (non-hydrogen) atoms. The fourth-order valence-corrected chi connectivity index (χ4v) is 4.80. The van der Waals surface area contributed by atoms with Gasteiger partial charge in [-0.25, -0.2) is 64.8 Å². The molecule has 0 spiro atoms. The van der Waals surface area contributed by atoms with Crippen LogP contribution in [0.25, 0.3) is 16.7 Å². The zero-order valence-corrected chi connectivity index (χ0v) is 26.0. The third-order valence-electron chi connectivity index (χ3n) is 7.12. The molecular weight excluding hydrogens is 693 g/mol. The molecule has 4 aromatic rings. The van der Waals surface area contributed by atoms with Gasteiger partial charge in [0.2, 0.25) is 32.9 Å². The minimum Gasteiger partial charge on any atom is -0.246 e. The number of hydrogen-bond donors (Lipinski definition) is 0. The van der Waals surface area contributed by atoms with Gasteiger partial charge in [-0.2, -0.15) is 47.4 Å². The van der Waals surface area contributed by atoms with E-state index in [1.807, 2.05) is 18.2 Å². The summed E-state index contributed by atoms with van der Waals surface area (Å²) >= 11 is 0. The quantitative estimate of drug-likeness (QED) is 0.194. The lowest BCUT2D eigenvalue weighted by Gasteiger charge is -2.09. The highest BCUT2D eigenvalue weighted by Crippen LogP contribution is 2.30. The maximum Gasteiger partial charge on any atom is 0.201 e. The van der Waals surface area contributed by atoms with Crippen LogP contribution in [0.3, 0.4) is 0 Å². The smallest absolute Gasteiger partial charge is 0.201 e.